The summed E-state index contributed by atoms with van der Waals surface area (Å²) in [6.45, 7) is 4.09. The summed E-state index contributed by atoms with van der Waals surface area (Å²) in [5.41, 5.74) is 1.15. The van der Waals surface area contributed by atoms with Gasteiger partial charge in [-0.05, 0) is 36.5 Å². The van der Waals surface area contributed by atoms with E-state index in [0.29, 0.717) is 12.0 Å². The van der Waals surface area contributed by atoms with E-state index in [1.165, 1.54) is 12.8 Å². The monoisotopic (exact) mass is 262 g/mol. The second-order valence-corrected chi connectivity index (χ2v) is 5.57. The van der Waals surface area contributed by atoms with Crippen LogP contribution >= 0.6 is 0 Å². The summed E-state index contributed by atoms with van der Waals surface area (Å²) in [7, 11) is 0. The van der Waals surface area contributed by atoms with Crippen molar-refractivity contribution in [3.8, 4) is 0 Å². The highest BCUT2D eigenvalue weighted by Gasteiger charge is 2.38. The Labute approximate surface area is 112 Å². The van der Waals surface area contributed by atoms with E-state index in [4.69, 9.17) is 4.74 Å². The third-order valence-electron chi connectivity index (χ3n) is 4.12. The quantitative estimate of drug-likeness (QED) is 0.607. The van der Waals surface area contributed by atoms with Crippen LogP contribution in [0.1, 0.15) is 31.6 Å². The minimum absolute atomic E-state index is 0.0337. The molecule has 0 N–H and O–H groups in total. The summed E-state index contributed by atoms with van der Waals surface area (Å²) in [4.78, 5) is 12.7. The number of piperidine rings is 1. The van der Waals surface area contributed by atoms with E-state index in [1.54, 1.807) is 12.1 Å². The minimum atomic E-state index is -0.370. The second-order valence-electron chi connectivity index (χ2n) is 5.57. The van der Waals surface area contributed by atoms with Gasteiger partial charge in [0.05, 0.1) is 11.5 Å². The first-order valence-corrected chi connectivity index (χ1v) is 6.77. The standard InChI is InChI=1S/C14H18N2O3/c1-10-2-5-13-9-19-14(15(13)8-10)11-3-6-12(7-4-11)16(17)18/h3-4,6-7,10,13-14H,2,5,8-9H2,1H3/t10-,13-,14-/m1/s1. The average Bonchev–Trinajstić information content (AvgIpc) is 2.81. The van der Waals surface area contributed by atoms with Gasteiger partial charge >= 0.3 is 0 Å². The fourth-order valence-electron chi connectivity index (χ4n) is 3.06. The first kappa shape index (κ1) is 12.6. The molecule has 1 aromatic carbocycles. The van der Waals surface area contributed by atoms with Gasteiger partial charge in [-0.15, -0.1) is 0 Å². The Hall–Kier alpha value is -1.46. The molecule has 0 spiro atoms. The summed E-state index contributed by atoms with van der Waals surface area (Å²) in [5.74, 6) is 0.693. The van der Waals surface area contributed by atoms with Crippen LogP contribution in [0.2, 0.25) is 0 Å². The number of hydrogen-bond acceptors (Lipinski definition) is 4. The van der Waals surface area contributed by atoms with Gasteiger partial charge in [-0.25, -0.2) is 0 Å². The van der Waals surface area contributed by atoms with E-state index in [-0.39, 0.29) is 16.8 Å². The first-order valence-electron chi connectivity index (χ1n) is 6.77. The highest BCUT2D eigenvalue weighted by molar-refractivity contribution is 5.34. The molecule has 0 aromatic heterocycles. The lowest BCUT2D eigenvalue weighted by molar-refractivity contribution is -0.384. The van der Waals surface area contributed by atoms with Crippen molar-refractivity contribution >= 4 is 5.69 Å². The zero-order chi connectivity index (χ0) is 13.4. The smallest absolute Gasteiger partial charge is 0.269 e. The van der Waals surface area contributed by atoms with Gasteiger partial charge in [-0.2, -0.15) is 0 Å². The normalized spacial score (nSPS) is 31.1. The molecular weight excluding hydrogens is 244 g/mol. The Morgan fingerprint density at radius 3 is 2.74 bits per heavy atom. The lowest BCUT2D eigenvalue weighted by Crippen LogP contribution is -2.40. The molecule has 5 heteroatoms. The van der Waals surface area contributed by atoms with Crippen LogP contribution in [-0.2, 0) is 4.74 Å². The van der Waals surface area contributed by atoms with E-state index in [0.717, 1.165) is 18.7 Å². The molecule has 0 radical (unpaired) electrons. The topological polar surface area (TPSA) is 55.6 Å². The van der Waals surface area contributed by atoms with Gasteiger partial charge < -0.3 is 4.74 Å². The zero-order valence-corrected chi connectivity index (χ0v) is 11.0. The van der Waals surface area contributed by atoms with Crippen LogP contribution in [0.15, 0.2) is 24.3 Å². The number of non-ortho nitro benzene ring substituents is 1. The van der Waals surface area contributed by atoms with Crippen LogP contribution in [0.5, 0.6) is 0 Å². The van der Waals surface area contributed by atoms with Gasteiger partial charge in [0, 0.05) is 24.7 Å². The van der Waals surface area contributed by atoms with Crippen molar-refractivity contribution in [1.29, 1.82) is 0 Å². The van der Waals surface area contributed by atoms with Gasteiger partial charge in [-0.3, -0.25) is 15.0 Å². The number of fused-ring (bicyclic) bond motifs is 1. The number of ether oxygens (including phenoxy) is 1. The van der Waals surface area contributed by atoms with Crippen molar-refractivity contribution in [3.05, 3.63) is 39.9 Å². The first-order chi connectivity index (χ1) is 9.15. The van der Waals surface area contributed by atoms with Gasteiger partial charge in [0.1, 0.15) is 6.23 Å². The molecule has 19 heavy (non-hydrogen) atoms. The molecule has 102 valence electrons. The third kappa shape index (κ3) is 2.35. The predicted octanol–water partition coefficient (Wildman–Crippen LogP) is 2.72. The van der Waals surface area contributed by atoms with Gasteiger partial charge in [-0.1, -0.05) is 6.92 Å². The maximum Gasteiger partial charge on any atom is 0.269 e. The molecule has 2 saturated heterocycles. The van der Waals surface area contributed by atoms with E-state index in [9.17, 15) is 10.1 Å². The zero-order valence-electron chi connectivity index (χ0n) is 11.0. The molecule has 0 amide bonds. The Kier molecular flexibility index (Phi) is 3.24. The maximum absolute atomic E-state index is 10.7. The van der Waals surface area contributed by atoms with Crippen molar-refractivity contribution in [2.75, 3.05) is 13.2 Å². The number of nitro benzene ring substituents is 1. The molecule has 2 aliphatic heterocycles. The molecule has 0 unspecified atom stereocenters. The summed E-state index contributed by atoms with van der Waals surface area (Å²) >= 11 is 0. The number of nitro groups is 1. The van der Waals surface area contributed by atoms with Crippen LogP contribution in [-0.4, -0.2) is 29.0 Å². The molecule has 3 atom stereocenters. The molecule has 0 saturated carbocycles. The number of nitrogens with zero attached hydrogens (tertiary/aromatic N) is 2. The van der Waals surface area contributed by atoms with Crippen molar-refractivity contribution in [1.82, 2.24) is 4.90 Å². The van der Waals surface area contributed by atoms with Crippen molar-refractivity contribution < 1.29 is 9.66 Å². The minimum Gasteiger partial charge on any atom is -0.357 e. The van der Waals surface area contributed by atoms with E-state index >= 15 is 0 Å². The van der Waals surface area contributed by atoms with Crippen molar-refractivity contribution in [2.45, 2.75) is 32.0 Å². The molecule has 0 aliphatic carbocycles. The van der Waals surface area contributed by atoms with Crippen LogP contribution in [0.25, 0.3) is 0 Å². The highest BCUT2D eigenvalue weighted by atomic mass is 16.6. The summed E-state index contributed by atoms with van der Waals surface area (Å²) < 4.78 is 5.89. The van der Waals surface area contributed by atoms with Crippen LogP contribution < -0.4 is 0 Å². The number of rotatable bonds is 2. The Balaban J connectivity index is 1.80. The largest absolute Gasteiger partial charge is 0.357 e. The SMILES string of the molecule is C[C@@H]1CC[C@@H]2CO[C@H](c3ccc([N+](=O)[O-])cc3)N2C1. The number of benzene rings is 1. The predicted molar refractivity (Wildman–Crippen MR) is 70.7 cm³/mol. The van der Waals surface area contributed by atoms with Crippen LogP contribution in [0.4, 0.5) is 5.69 Å². The molecule has 1 aromatic rings. The summed E-state index contributed by atoms with van der Waals surface area (Å²) in [6, 6.07) is 7.24. The van der Waals surface area contributed by atoms with Gasteiger partial charge in [0.15, 0.2) is 0 Å². The maximum atomic E-state index is 10.7. The van der Waals surface area contributed by atoms with E-state index in [1.807, 2.05) is 12.1 Å². The molecule has 2 aliphatic rings. The van der Waals surface area contributed by atoms with Gasteiger partial charge in [0.25, 0.3) is 5.69 Å². The Morgan fingerprint density at radius 2 is 2.05 bits per heavy atom. The molecule has 2 heterocycles. The van der Waals surface area contributed by atoms with Crippen molar-refractivity contribution in [3.63, 3.8) is 0 Å². The molecule has 2 fully saturated rings. The lowest BCUT2D eigenvalue weighted by atomic mass is 9.94. The van der Waals surface area contributed by atoms with Crippen LogP contribution in [0.3, 0.4) is 0 Å². The summed E-state index contributed by atoms with van der Waals surface area (Å²) in [6.07, 6.45) is 2.41. The molecule has 0 bridgehead atoms. The molecule has 5 nitrogen and oxygen atoms in total. The fourth-order valence-corrected chi connectivity index (χ4v) is 3.06. The summed E-state index contributed by atoms with van der Waals surface area (Å²) in [5, 5.41) is 10.7. The molecular formula is C14H18N2O3. The van der Waals surface area contributed by atoms with Crippen molar-refractivity contribution in [2.24, 2.45) is 5.92 Å². The highest BCUT2D eigenvalue weighted by Crippen LogP contribution is 2.37. The number of hydrogen-bond donors (Lipinski definition) is 0. The molecule has 3 rings (SSSR count). The fraction of sp³-hybridized carbons (Fsp3) is 0.571. The third-order valence-corrected chi connectivity index (χ3v) is 4.12. The van der Waals surface area contributed by atoms with E-state index < -0.39 is 0 Å². The second kappa shape index (κ2) is 4.90. The van der Waals surface area contributed by atoms with Crippen LogP contribution in [0, 0.1) is 16.0 Å². The van der Waals surface area contributed by atoms with E-state index in [2.05, 4.69) is 11.8 Å². The Morgan fingerprint density at radius 1 is 1.32 bits per heavy atom. The van der Waals surface area contributed by atoms with Gasteiger partial charge in [0.2, 0.25) is 0 Å². The average molecular weight is 262 g/mol. The lowest BCUT2D eigenvalue weighted by Gasteiger charge is -2.35. The Bertz CT molecular complexity index is 474.